The van der Waals surface area contributed by atoms with Crippen molar-refractivity contribution in [1.29, 1.82) is 5.26 Å². The Kier molecular flexibility index (Phi) is 7.23. The summed E-state index contributed by atoms with van der Waals surface area (Å²) >= 11 is 0. The summed E-state index contributed by atoms with van der Waals surface area (Å²) in [4.78, 5) is 11.1. The van der Waals surface area contributed by atoms with E-state index in [-0.39, 0.29) is 23.6 Å². The number of ether oxygens (including phenoxy) is 1. The first-order valence-corrected chi connectivity index (χ1v) is 8.91. The minimum Gasteiger partial charge on any atom is -0.481 e. The van der Waals surface area contributed by atoms with Crippen molar-refractivity contribution in [3.8, 4) is 6.07 Å². The van der Waals surface area contributed by atoms with Gasteiger partial charge in [-0.15, -0.1) is 0 Å². The van der Waals surface area contributed by atoms with E-state index in [1.807, 2.05) is 13.0 Å². The van der Waals surface area contributed by atoms with E-state index in [0.29, 0.717) is 23.2 Å². The van der Waals surface area contributed by atoms with Gasteiger partial charge in [0, 0.05) is 24.0 Å². The fourth-order valence-electron chi connectivity index (χ4n) is 3.09. The highest BCUT2D eigenvalue weighted by Crippen LogP contribution is 2.41. The fourth-order valence-corrected chi connectivity index (χ4v) is 3.09. The Hall–Kier alpha value is -3.05. The van der Waals surface area contributed by atoms with Gasteiger partial charge in [-0.05, 0) is 48.2 Å². The number of carbonyl (C=O) groups is 1. The van der Waals surface area contributed by atoms with E-state index in [9.17, 15) is 18.0 Å². The number of nitrogens with one attached hydrogen (secondary N) is 1. The van der Waals surface area contributed by atoms with Crippen LogP contribution in [0, 0.1) is 11.3 Å². The molecular weight excluding hydrogens is 385 g/mol. The smallest absolute Gasteiger partial charge is 0.418 e. The average molecular weight is 406 g/mol. The molecule has 0 aromatic heterocycles. The number of alkyl halides is 3. The monoisotopic (exact) mass is 406 g/mol. The maximum Gasteiger partial charge on any atom is 0.418 e. The summed E-state index contributed by atoms with van der Waals surface area (Å²) in [6, 6.07) is 12.6. The summed E-state index contributed by atoms with van der Waals surface area (Å²) in [6.45, 7) is 1.82. The van der Waals surface area contributed by atoms with Crippen molar-refractivity contribution in [1.82, 2.24) is 0 Å². The number of methoxy groups -OCH3 is 1. The Labute approximate surface area is 166 Å². The number of hydrogen-bond donors (Lipinski definition) is 2. The largest absolute Gasteiger partial charge is 0.481 e. The second kappa shape index (κ2) is 9.43. The normalized spacial score (nSPS) is 13.4. The lowest BCUT2D eigenvalue weighted by molar-refractivity contribution is -0.215. The lowest BCUT2D eigenvalue weighted by atomic mass is 9.91. The lowest BCUT2D eigenvalue weighted by Gasteiger charge is -2.24. The third-order valence-corrected chi connectivity index (χ3v) is 4.57. The molecule has 0 bridgehead atoms. The third kappa shape index (κ3) is 5.72. The zero-order valence-corrected chi connectivity index (χ0v) is 16.0. The van der Waals surface area contributed by atoms with Crippen molar-refractivity contribution in [3.05, 3.63) is 59.2 Å². The van der Waals surface area contributed by atoms with Gasteiger partial charge in [-0.25, -0.2) is 0 Å². The van der Waals surface area contributed by atoms with Crippen LogP contribution in [0.2, 0.25) is 0 Å². The van der Waals surface area contributed by atoms with Crippen LogP contribution in [0.25, 0.3) is 0 Å². The first kappa shape index (κ1) is 22.2. The number of benzene rings is 2. The van der Waals surface area contributed by atoms with Crippen LogP contribution in [0.5, 0.6) is 0 Å². The summed E-state index contributed by atoms with van der Waals surface area (Å²) < 4.78 is 45.1. The molecule has 0 saturated carbocycles. The zero-order valence-electron chi connectivity index (χ0n) is 16.0. The molecule has 2 rings (SSSR count). The molecule has 8 heteroatoms. The van der Waals surface area contributed by atoms with Crippen LogP contribution in [0.3, 0.4) is 0 Å². The Balaban J connectivity index is 2.52. The number of carboxylic acid groups (broad SMARTS) is 1. The predicted octanol–water partition coefficient (Wildman–Crippen LogP) is 5.52. The predicted molar refractivity (Wildman–Crippen MR) is 102 cm³/mol. The number of hydrogen-bond acceptors (Lipinski definition) is 4. The molecule has 154 valence electrons. The summed E-state index contributed by atoms with van der Waals surface area (Å²) in [6.07, 6.45) is -6.37. The first-order chi connectivity index (χ1) is 13.7. The molecule has 0 heterocycles. The Morgan fingerprint density at radius 1 is 1.24 bits per heavy atom. The van der Waals surface area contributed by atoms with E-state index >= 15 is 0 Å². The average Bonchev–Trinajstić information content (AvgIpc) is 2.67. The maximum atomic E-state index is 13.5. The number of anilines is 2. The van der Waals surface area contributed by atoms with Crippen molar-refractivity contribution in [2.75, 3.05) is 12.4 Å². The summed E-state index contributed by atoms with van der Waals surface area (Å²) in [5, 5.41) is 20.9. The number of aliphatic carboxylic acids is 1. The second-order valence-electron chi connectivity index (χ2n) is 6.52. The van der Waals surface area contributed by atoms with E-state index in [1.54, 1.807) is 24.3 Å². The second-order valence-corrected chi connectivity index (χ2v) is 6.52. The highest BCUT2D eigenvalue weighted by molar-refractivity contribution is 5.69. The minimum absolute atomic E-state index is 0.113. The van der Waals surface area contributed by atoms with Crippen LogP contribution in [-0.2, 0) is 9.53 Å². The first-order valence-electron chi connectivity index (χ1n) is 8.91. The van der Waals surface area contributed by atoms with Gasteiger partial charge < -0.3 is 15.2 Å². The standard InChI is InChI=1S/C21H21F3N2O3/c1-3-14(11-19(27)28)15-6-9-17(20(29-2)21(22,23)24)18(10-15)26-16-7-4-13(12-25)5-8-16/h4-10,14,20,26H,3,11H2,1-2H3,(H,27,28)/t14-,20+/m0/s1. The highest BCUT2D eigenvalue weighted by Gasteiger charge is 2.42. The van der Waals surface area contributed by atoms with Gasteiger partial charge in [0.15, 0.2) is 6.10 Å². The summed E-state index contributed by atoms with van der Waals surface area (Å²) in [5.41, 5.74) is 1.58. The molecule has 0 amide bonds. The molecule has 0 aliphatic rings. The summed E-state index contributed by atoms with van der Waals surface area (Å²) in [5.74, 6) is -1.32. The molecule has 0 aliphatic heterocycles. The number of nitrogens with zero attached hydrogens (tertiary/aromatic N) is 1. The number of carboxylic acids is 1. The molecule has 0 fully saturated rings. The number of halogens is 3. The Morgan fingerprint density at radius 3 is 2.38 bits per heavy atom. The quantitative estimate of drug-likeness (QED) is 0.603. The van der Waals surface area contributed by atoms with Gasteiger partial charge in [-0.2, -0.15) is 18.4 Å². The lowest BCUT2D eigenvalue weighted by Crippen LogP contribution is -2.23. The van der Waals surface area contributed by atoms with Gasteiger partial charge in [0.05, 0.1) is 18.1 Å². The SMILES string of the molecule is CC[C@@H](CC(=O)O)c1ccc([C@@H](OC)C(F)(F)F)c(Nc2ccc(C#N)cc2)c1. The Morgan fingerprint density at radius 2 is 1.90 bits per heavy atom. The van der Waals surface area contributed by atoms with E-state index in [1.165, 1.54) is 18.2 Å². The van der Waals surface area contributed by atoms with Crippen molar-refractivity contribution in [2.24, 2.45) is 0 Å². The minimum atomic E-state index is -4.62. The molecular formula is C21H21F3N2O3. The fraction of sp³-hybridized carbons (Fsp3) is 0.333. The topological polar surface area (TPSA) is 82.3 Å². The molecule has 0 unspecified atom stereocenters. The zero-order chi connectivity index (χ0) is 21.6. The Bertz CT molecular complexity index is 890. The van der Waals surface area contributed by atoms with Gasteiger partial charge in [0.25, 0.3) is 0 Å². The van der Waals surface area contributed by atoms with Crippen molar-refractivity contribution < 1.29 is 27.8 Å². The van der Waals surface area contributed by atoms with Gasteiger partial charge in [0.1, 0.15) is 0 Å². The van der Waals surface area contributed by atoms with E-state index in [2.05, 4.69) is 5.32 Å². The van der Waals surface area contributed by atoms with Crippen molar-refractivity contribution in [3.63, 3.8) is 0 Å². The van der Waals surface area contributed by atoms with Crippen molar-refractivity contribution in [2.45, 2.75) is 38.0 Å². The van der Waals surface area contributed by atoms with Crippen LogP contribution in [-0.4, -0.2) is 24.4 Å². The van der Waals surface area contributed by atoms with Gasteiger partial charge >= 0.3 is 12.1 Å². The molecule has 0 radical (unpaired) electrons. The molecule has 5 nitrogen and oxygen atoms in total. The van der Waals surface area contributed by atoms with Crippen LogP contribution >= 0.6 is 0 Å². The molecule has 2 atom stereocenters. The van der Waals surface area contributed by atoms with Gasteiger partial charge in [0.2, 0.25) is 0 Å². The van der Waals surface area contributed by atoms with E-state index in [4.69, 9.17) is 15.1 Å². The van der Waals surface area contributed by atoms with Crippen LogP contribution < -0.4 is 5.32 Å². The number of nitriles is 1. The van der Waals surface area contributed by atoms with Gasteiger partial charge in [-0.3, -0.25) is 4.79 Å². The van der Waals surface area contributed by atoms with Gasteiger partial charge in [-0.1, -0.05) is 19.1 Å². The molecule has 2 aromatic rings. The van der Waals surface area contributed by atoms with E-state index in [0.717, 1.165) is 7.11 Å². The van der Waals surface area contributed by atoms with Crippen molar-refractivity contribution >= 4 is 17.3 Å². The molecule has 0 spiro atoms. The molecule has 2 aromatic carbocycles. The van der Waals surface area contributed by atoms with Crippen LogP contribution in [0.1, 0.15) is 48.5 Å². The van der Waals surface area contributed by atoms with E-state index < -0.39 is 18.2 Å². The van der Waals surface area contributed by atoms with Crippen LogP contribution in [0.4, 0.5) is 24.5 Å². The maximum absolute atomic E-state index is 13.5. The summed E-state index contributed by atoms with van der Waals surface area (Å²) in [7, 11) is 0.983. The number of rotatable bonds is 8. The molecule has 29 heavy (non-hydrogen) atoms. The third-order valence-electron chi connectivity index (χ3n) is 4.57. The molecule has 0 saturated heterocycles. The molecule has 0 aliphatic carbocycles. The van der Waals surface area contributed by atoms with Crippen LogP contribution in [0.15, 0.2) is 42.5 Å². The highest BCUT2D eigenvalue weighted by atomic mass is 19.4. The molecule has 2 N–H and O–H groups in total.